The van der Waals surface area contributed by atoms with Gasteiger partial charge in [0.1, 0.15) is 24.8 Å². The Bertz CT molecular complexity index is 1040. The van der Waals surface area contributed by atoms with Gasteiger partial charge in [0.2, 0.25) is 5.91 Å². The van der Waals surface area contributed by atoms with Crippen molar-refractivity contribution < 1.29 is 28.8 Å². The van der Waals surface area contributed by atoms with Crippen LogP contribution in [0.1, 0.15) is 20.7 Å². The number of hydrogen-bond donors (Lipinski definition) is 1. The van der Waals surface area contributed by atoms with Crippen molar-refractivity contribution in [2.75, 3.05) is 19.7 Å². The molecule has 3 amide bonds. The van der Waals surface area contributed by atoms with E-state index < -0.39 is 41.0 Å². The molecule has 2 aliphatic heterocycles. The summed E-state index contributed by atoms with van der Waals surface area (Å²) in [6.07, 6.45) is -0.433. The highest BCUT2D eigenvalue weighted by Crippen LogP contribution is 2.31. The van der Waals surface area contributed by atoms with Crippen LogP contribution < -0.4 is 14.8 Å². The molecule has 0 spiro atoms. The van der Waals surface area contributed by atoms with Gasteiger partial charge in [-0.15, -0.1) is 0 Å². The monoisotopic (exact) mass is 397 g/mol. The summed E-state index contributed by atoms with van der Waals surface area (Å²) in [5.41, 5.74) is -0.844. The first kappa shape index (κ1) is 18.4. The zero-order valence-electron chi connectivity index (χ0n) is 15.0. The van der Waals surface area contributed by atoms with Crippen molar-refractivity contribution in [3.63, 3.8) is 0 Å². The number of carbonyl (C=O) groups is 3. The molecule has 0 bridgehead atoms. The van der Waals surface area contributed by atoms with Crippen LogP contribution in [0.25, 0.3) is 0 Å². The second-order valence-electron chi connectivity index (χ2n) is 6.45. The van der Waals surface area contributed by atoms with E-state index in [4.69, 9.17) is 9.47 Å². The molecular weight excluding hydrogens is 382 g/mol. The molecule has 2 aliphatic rings. The van der Waals surface area contributed by atoms with E-state index in [2.05, 4.69) is 5.32 Å². The lowest BCUT2D eigenvalue weighted by atomic mass is 10.1. The van der Waals surface area contributed by atoms with Crippen LogP contribution in [-0.2, 0) is 4.79 Å². The van der Waals surface area contributed by atoms with Crippen LogP contribution in [0.2, 0.25) is 0 Å². The van der Waals surface area contributed by atoms with Gasteiger partial charge < -0.3 is 14.8 Å². The van der Waals surface area contributed by atoms with Crippen molar-refractivity contribution in [3.8, 4) is 11.5 Å². The summed E-state index contributed by atoms with van der Waals surface area (Å²) >= 11 is 0. The Morgan fingerprint density at radius 1 is 1.14 bits per heavy atom. The summed E-state index contributed by atoms with van der Waals surface area (Å²) in [5, 5.41) is 13.7. The van der Waals surface area contributed by atoms with E-state index in [0.29, 0.717) is 16.4 Å². The lowest BCUT2D eigenvalue weighted by molar-refractivity contribution is -0.385. The largest absolute Gasteiger partial charge is 0.486 e. The zero-order chi connectivity index (χ0) is 20.5. The maximum absolute atomic E-state index is 12.5. The van der Waals surface area contributed by atoms with Crippen LogP contribution in [-0.4, -0.2) is 53.3 Å². The fourth-order valence-electron chi connectivity index (χ4n) is 3.20. The third-order valence-electron chi connectivity index (χ3n) is 4.57. The molecule has 0 aliphatic carbocycles. The van der Waals surface area contributed by atoms with Crippen LogP contribution in [0, 0.1) is 10.1 Å². The molecule has 0 fully saturated rings. The van der Waals surface area contributed by atoms with Gasteiger partial charge in [0.15, 0.2) is 11.5 Å². The molecule has 2 aromatic carbocycles. The molecule has 1 atom stereocenters. The van der Waals surface area contributed by atoms with E-state index in [1.54, 1.807) is 18.2 Å². The van der Waals surface area contributed by atoms with E-state index in [0.717, 1.165) is 6.07 Å². The van der Waals surface area contributed by atoms with Gasteiger partial charge in [-0.3, -0.25) is 29.4 Å². The highest BCUT2D eigenvalue weighted by Gasteiger charge is 2.41. The fraction of sp³-hybridized carbons (Fsp3) is 0.211. The standard InChI is InChI=1S/C19H15N3O7/c23-16(20-8-11-10-28-14-6-1-2-7-15(14)29-11)9-21-18(24)12-4-3-5-13(22(26)27)17(12)19(21)25/h1-7,11H,8-10H2,(H,20,23)/t11-/m0/s1. The van der Waals surface area contributed by atoms with E-state index in [1.165, 1.54) is 12.1 Å². The quantitative estimate of drug-likeness (QED) is 0.455. The molecule has 148 valence electrons. The van der Waals surface area contributed by atoms with Gasteiger partial charge in [-0.1, -0.05) is 18.2 Å². The SMILES string of the molecule is O=C(CN1C(=O)c2cccc([N+](=O)[O-])c2C1=O)NC[C@H]1COc2ccccc2O1. The van der Waals surface area contributed by atoms with Crippen LogP contribution in [0.5, 0.6) is 11.5 Å². The predicted octanol–water partition coefficient (Wildman–Crippen LogP) is 1.15. The molecule has 29 heavy (non-hydrogen) atoms. The summed E-state index contributed by atoms with van der Waals surface area (Å²) in [4.78, 5) is 48.3. The number of imide groups is 1. The van der Waals surface area contributed by atoms with Gasteiger partial charge >= 0.3 is 0 Å². The van der Waals surface area contributed by atoms with Crippen molar-refractivity contribution in [1.29, 1.82) is 0 Å². The topological polar surface area (TPSA) is 128 Å². The number of benzene rings is 2. The van der Waals surface area contributed by atoms with Crippen LogP contribution in [0.4, 0.5) is 5.69 Å². The normalized spacial score (nSPS) is 17.1. The minimum atomic E-state index is -0.862. The fourth-order valence-corrected chi connectivity index (χ4v) is 3.20. The van der Waals surface area contributed by atoms with Crippen molar-refractivity contribution in [2.24, 2.45) is 0 Å². The first-order valence-electron chi connectivity index (χ1n) is 8.74. The Morgan fingerprint density at radius 3 is 2.66 bits per heavy atom. The maximum Gasteiger partial charge on any atom is 0.282 e. The van der Waals surface area contributed by atoms with Crippen molar-refractivity contribution in [3.05, 3.63) is 63.7 Å². The molecule has 4 rings (SSSR count). The summed E-state index contributed by atoms with van der Waals surface area (Å²) in [6, 6.07) is 10.9. The lowest BCUT2D eigenvalue weighted by Gasteiger charge is -2.26. The molecule has 2 heterocycles. The summed E-state index contributed by atoms with van der Waals surface area (Å²) in [6.45, 7) is -0.208. The first-order chi connectivity index (χ1) is 14.0. The van der Waals surface area contributed by atoms with E-state index in [9.17, 15) is 24.5 Å². The van der Waals surface area contributed by atoms with Gasteiger partial charge in [0, 0.05) is 6.07 Å². The van der Waals surface area contributed by atoms with Crippen LogP contribution in [0.15, 0.2) is 42.5 Å². The average Bonchev–Trinajstić information content (AvgIpc) is 2.97. The second kappa shape index (κ2) is 7.23. The summed E-state index contributed by atoms with van der Waals surface area (Å²) < 4.78 is 11.3. The molecule has 10 nitrogen and oxygen atoms in total. The van der Waals surface area contributed by atoms with E-state index >= 15 is 0 Å². The third kappa shape index (κ3) is 3.35. The third-order valence-corrected chi connectivity index (χ3v) is 4.57. The Kier molecular flexibility index (Phi) is 4.59. The summed E-state index contributed by atoms with van der Waals surface area (Å²) in [7, 11) is 0. The minimum absolute atomic E-state index is 0.0855. The predicted molar refractivity (Wildman–Crippen MR) is 97.8 cm³/mol. The first-order valence-corrected chi connectivity index (χ1v) is 8.74. The Morgan fingerprint density at radius 2 is 1.90 bits per heavy atom. The average molecular weight is 397 g/mol. The molecular formula is C19H15N3O7. The van der Waals surface area contributed by atoms with Crippen molar-refractivity contribution >= 4 is 23.4 Å². The molecule has 10 heteroatoms. The maximum atomic E-state index is 12.5. The van der Waals surface area contributed by atoms with Gasteiger partial charge in [-0.05, 0) is 18.2 Å². The van der Waals surface area contributed by atoms with Crippen LogP contribution in [0.3, 0.4) is 0 Å². The number of para-hydroxylation sites is 2. The Hall–Kier alpha value is -3.95. The number of nitro groups is 1. The van der Waals surface area contributed by atoms with E-state index in [-0.39, 0.29) is 24.3 Å². The molecule has 2 aromatic rings. The number of nitro benzene ring substituents is 1. The number of carbonyl (C=O) groups excluding carboxylic acids is 3. The number of rotatable bonds is 5. The minimum Gasteiger partial charge on any atom is -0.486 e. The Balaban J connectivity index is 1.38. The highest BCUT2D eigenvalue weighted by atomic mass is 16.6. The zero-order valence-corrected chi connectivity index (χ0v) is 15.0. The van der Waals surface area contributed by atoms with Crippen molar-refractivity contribution in [2.45, 2.75) is 6.10 Å². The molecule has 0 saturated heterocycles. The highest BCUT2D eigenvalue weighted by molar-refractivity contribution is 6.24. The molecule has 0 unspecified atom stereocenters. The summed E-state index contributed by atoms with van der Waals surface area (Å²) in [5.74, 6) is -1.02. The van der Waals surface area contributed by atoms with Gasteiger partial charge in [0.05, 0.1) is 17.0 Å². The Labute approximate surface area is 164 Å². The van der Waals surface area contributed by atoms with Gasteiger partial charge in [-0.25, -0.2) is 0 Å². The number of nitrogens with one attached hydrogen (secondary N) is 1. The molecule has 0 aromatic heterocycles. The number of fused-ring (bicyclic) bond motifs is 2. The van der Waals surface area contributed by atoms with Crippen molar-refractivity contribution in [1.82, 2.24) is 10.2 Å². The number of amides is 3. The van der Waals surface area contributed by atoms with Gasteiger partial charge in [0.25, 0.3) is 17.5 Å². The van der Waals surface area contributed by atoms with E-state index in [1.807, 2.05) is 6.07 Å². The number of ether oxygens (including phenoxy) is 2. The number of nitrogens with zero attached hydrogens (tertiary/aromatic N) is 2. The van der Waals surface area contributed by atoms with Gasteiger partial charge in [-0.2, -0.15) is 0 Å². The smallest absolute Gasteiger partial charge is 0.282 e. The van der Waals surface area contributed by atoms with Crippen LogP contribution >= 0.6 is 0 Å². The molecule has 0 saturated carbocycles. The molecule has 0 radical (unpaired) electrons. The second-order valence-corrected chi connectivity index (χ2v) is 6.45. The molecule has 1 N–H and O–H groups in total. The lowest BCUT2D eigenvalue weighted by Crippen LogP contribution is -2.45. The number of hydrogen-bond acceptors (Lipinski definition) is 7.